The quantitative estimate of drug-likeness (QED) is 0.231. The van der Waals surface area contributed by atoms with Gasteiger partial charge in [0.05, 0.1) is 29.6 Å². The van der Waals surface area contributed by atoms with Crippen molar-refractivity contribution in [3.05, 3.63) is 65.6 Å². The molecule has 9 heteroatoms. The lowest BCUT2D eigenvalue weighted by atomic mass is 9.92. The highest BCUT2D eigenvalue weighted by atomic mass is 16.6. The maximum atomic E-state index is 13.3. The van der Waals surface area contributed by atoms with E-state index in [9.17, 15) is 4.79 Å². The highest BCUT2D eigenvalue weighted by molar-refractivity contribution is 5.81. The smallest absolute Gasteiger partial charge is 0.339 e. The van der Waals surface area contributed by atoms with Crippen LogP contribution in [0.1, 0.15) is 82.9 Å². The molecule has 238 valence electrons. The lowest BCUT2D eigenvalue weighted by Gasteiger charge is -2.41. The van der Waals surface area contributed by atoms with Gasteiger partial charge in [-0.3, -0.25) is 4.98 Å². The first-order valence-electron chi connectivity index (χ1n) is 16.1. The van der Waals surface area contributed by atoms with Crippen molar-refractivity contribution in [2.45, 2.75) is 90.4 Å². The Morgan fingerprint density at radius 2 is 1.82 bits per heavy atom. The van der Waals surface area contributed by atoms with Gasteiger partial charge in [0.25, 0.3) is 0 Å². The predicted octanol–water partition coefficient (Wildman–Crippen LogP) is 6.90. The molecule has 6 heterocycles. The third-order valence-electron chi connectivity index (χ3n) is 8.94. The molecule has 0 aliphatic carbocycles. The summed E-state index contributed by atoms with van der Waals surface area (Å²) in [5.74, 6) is 0.354. The highest BCUT2D eigenvalue weighted by Gasteiger charge is 2.38. The van der Waals surface area contributed by atoms with Crippen LogP contribution >= 0.6 is 0 Å². The van der Waals surface area contributed by atoms with Crippen LogP contribution in [0.3, 0.4) is 0 Å². The lowest BCUT2D eigenvalue weighted by Crippen LogP contribution is -2.46. The maximum Gasteiger partial charge on any atom is 0.339 e. The van der Waals surface area contributed by atoms with Crippen molar-refractivity contribution in [3.63, 3.8) is 0 Å². The van der Waals surface area contributed by atoms with Gasteiger partial charge < -0.3 is 19.1 Å². The Bertz CT molecular complexity index is 1680. The number of piperidine rings is 1. The second kappa shape index (κ2) is 12.5. The third kappa shape index (κ3) is 6.60. The van der Waals surface area contributed by atoms with Gasteiger partial charge in [-0.15, -0.1) is 0 Å². The van der Waals surface area contributed by atoms with Crippen molar-refractivity contribution in [1.82, 2.24) is 19.6 Å². The number of hydrogen-bond donors (Lipinski definition) is 0. The zero-order valence-electron chi connectivity index (χ0n) is 27.4. The van der Waals surface area contributed by atoms with Gasteiger partial charge >= 0.3 is 5.97 Å². The number of fused-ring (bicyclic) bond motifs is 7. The van der Waals surface area contributed by atoms with Crippen molar-refractivity contribution in [2.75, 3.05) is 31.7 Å². The predicted molar refractivity (Wildman–Crippen MR) is 175 cm³/mol. The standard InChI is InChI=1S/C36H45N5O4/c1-24-31(32(34(42)43-6)45-35(2,3)4)33-40-19-16-36(5,17-20-40)44-21-9-7-8-15-28-27(14-11-18-37-28)25-12-10-13-26(22-25)29-23-30(38-24)41(33)39-29/h10-14,18,22-23,32H,7-9,15-17,19-21H2,1-6H3/t32-/m0/s1. The molecule has 0 spiro atoms. The topological polar surface area (TPSA) is 91.1 Å². The normalized spacial score (nSPS) is 17.8. The van der Waals surface area contributed by atoms with Crippen molar-refractivity contribution in [2.24, 2.45) is 0 Å². The molecule has 3 aliphatic rings. The van der Waals surface area contributed by atoms with E-state index in [0.717, 1.165) is 92.1 Å². The maximum absolute atomic E-state index is 13.3. The summed E-state index contributed by atoms with van der Waals surface area (Å²) in [5.41, 5.74) is 6.46. The summed E-state index contributed by atoms with van der Waals surface area (Å²) in [5, 5.41) is 5.16. The van der Waals surface area contributed by atoms with Crippen LogP contribution in [0.15, 0.2) is 48.7 Å². The van der Waals surface area contributed by atoms with Crippen LogP contribution in [0.5, 0.6) is 0 Å². The number of ether oxygens (including phenoxy) is 3. The fourth-order valence-electron chi connectivity index (χ4n) is 6.52. The number of hydrogen-bond acceptors (Lipinski definition) is 8. The number of rotatable bonds is 3. The summed E-state index contributed by atoms with van der Waals surface area (Å²) in [6.07, 6.45) is 6.73. The first kappa shape index (κ1) is 31.2. The van der Waals surface area contributed by atoms with Gasteiger partial charge in [0.1, 0.15) is 5.82 Å². The van der Waals surface area contributed by atoms with Gasteiger partial charge in [0, 0.05) is 54.5 Å². The lowest BCUT2D eigenvalue weighted by molar-refractivity contribution is -0.164. The summed E-state index contributed by atoms with van der Waals surface area (Å²) >= 11 is 0. The molecule has 1 aromatic carbocycles. The first-order valence-corrected chi connectivity index (χ1v) is 16.1. The van der Waals surface area contributed by atoms with E-state index in [1.807, 2.05) is 50.5 Å². The van der Waals surface area contributed by atoms with Crippen LogP contribution in [0.25, 0.3) is 28.0 Å². The Morgan fingerprint density at radius 3 is 2.58 bits per heavy atom. The average molecular weight is 612 g/mol. The summed E-state index contributed by atoms with van der Waals surface area (Å²) in [6.45, 7) is 12.2. The molecular formula is C36H45N5O4. The Kier molecular flexibility index (Phi) is 8.68. The fraction of sp³-hybridized carbons (Fsp3) is 0.500. The van der Waals surface area contributed by atoms with Crippen LogP contribution in [0.2, 0.25) is 0 Å². The van der Waals surface area contributed by atoms with E-state index in [-0.39, 0.29) is 5.60 Å². The van der Waals surface area contributed by atoms with Crippen LogP contribution in [-0.2, 0) is 25.4 Å². The third-order valence-corrected chi connectivity index (χ3v) is 8.94. The van der Waals surface area contributed by atoms with Crippen LogP contribution in [0, 0.1) is 6.92 Å². The van der Waals surface area contributed by atoms with E-state index in [1.54, 1.807) is 0 Å². The molecule has 1 fully saturated rings. The van der Waals surface area contributed by atoms with Gasteiger partial charge in [-0.1, -0.05) is 30.7 Å². The van der Waals surface area contributed by atoms with E-state index in [0.29, 0.717) is 16.9 Å². The highest BCUT2D eigenvalue weighted by Crippen LogP contribution is 2.39. The number of aromatic nitrogens is 4. The molecule has 0 N–H and O–H groups in total. The van der Waals surface area contributed by atoms with Crippen molar-refractivity contribution >= 4 is 17.4 Å². The van der Waals surface area contributed by atoms with Crippen molar-refractivity contribution in [1.29, 1.82) is 0 Å². The van der Waals surface area contributed by atoms with Crippen LogP contribution in [0.4, 0.5) is 5.82 Å². The largest absolute Gasteiger partial charge is 0.467 e. The number of methoxy groups -OCH3 is 1. The Morgan fingerprint density at radius 1 is 1.04 bits per heavy atom. The van der Waals surface area contributed by atoms with Crippen molar-refractivity contribution < 1.29 is 19.0 Å². The second-order valence-corrected chi connectivity index (χ2v) is 13.5. The van der Waals surface area contributed by atoms with Gasteiger partial charge in [-0.05, 0) is 84.4 Å². The monoisotopic (exact) mass is 611 g/mol. The van der Waals surface area contributed by atoms with Crippen molar-refractivity contribution in [3.8, 4) is 22.4 Å². The molecule has 6 bridgehead atoms. The van der Waals surface area contributed by atoms with Crippen LogP contribution in [-0.4, -0.2) is 63.6 Å². The summed E-state index contributed by atoms with van der Waals surface area (Å²) in [4.78, 5) is 25.4. The molecule has 0 amide bonds. The number of carbonyl (C=O) groups is 1. The molecule has 4 aromatic rings. The van der Waals surface area contributed by atoms with E-state index < -0.39 is 17.7 Å². The Balaban J connectivity index is 1.54. The van der Waals surface area contributed by atoms with E-state index in [1.165, 1.54) is 7.11 Å². The number of benzene rings is 1. The van der Waals surface area contributed by atoms with Gasteiger partial charge in [-0.2, -0.15) is 9.61 Å². The minimum absolute atomic E-state index is 0.215. The van der Waals surface area contributed by atoms with E-state index in [4.69, 9.17) is 29.3 Å². The molecule has 7 rings (SSSR count). The zero-order valence-corrected chi connectivity index (χ0v) is 27.4. The first-order chi connectivity index (χ1) is 21.5. The Hall–Kier alpha value is -3.82. The molecule has 1 atom stereocenters. The second-order valence-electron chi connectivity index (χ2n) is 13.5. The average Bonchev–Trinajstić information content (AvgIpc) is 3.44. The molecular weight excluding hydrogens is 566 g/mol. The minimum Gasteiger partial charge on any atom is -0.467 e. The molecule has 3 aromatic heterocycles. The fourth-order valence-corrected chi connectivity index (χ4v) is 6.52. The van der Waals surface area contributed by atoms with Crippen LogP contribution < -0.4 is 4.90 Å². The molecule has 9 nitrogen and oxygen atoms in total. The van der Waals surface area contributed by atoms with Gasteiger partial charge in [0.15, 0.2) is 11.8 Å². The summed E-state index contributed by atoms with van der Waals surface area (Å²) in [7, 11) is 1.40. The molecule has 0 unspecified atom stereocenters. The molecule has 45 heavy (non-hydrogen) atoms. The summed E-state index contributed by atoms with van der Waals surface area (Å²) in [6, 6.07) is 14.7. The molecule has 1 saturated heterocycles. The van der Waals surface area contributed by atoms with Gasteiger partial charge in [0.2, 0.25) is 0 Å². The zero-order chi connectivity index (χ0) is 31.8. The molecule has 0 radical (unpaired) electrons. The number of carbonyl (C=O) groups excluding carboxylic acids is 1. The number of aryl methyl sites for hydroxylation is 2. The molecule has 3 aliphatic heterocycles. The number of nitrogens with zero attached hydrogens (tertiary/aromatic N) is 5. The van der Waals surface area contributed by atoms with Gasteiger partial charge in [-0.25, -0.2) is 9.78 Å². The number of esters is 1. The summed E-state index contributed by atoms with van der Waals surface area (Å²) < 4.78 is 20.1. The number of pyridine rings is 1. The van der Waals surface area contributed by atoms with E-state index in [2.05, 4.69) is 42.2 Å². The number of anilines is 1. The van der Waals surface area contributed by atoms with E-state index >= 15 is 0 Å². The molecule has 0 saturated carbocycles. The minimum atomic E-state index is -0.965. The Labute approximate surface area is 265 Å². The SMILES string of the molecule is COC(=O)[C@@H](OC(C)(C)C)c1c(C)nc2cc3nn2c1N1CCC(C)(CC1)OCCCCCc1ncccc1-c1cccc-3c1.